The second kappa shape index (κ2) is 6.93. The molecule has 2 aromatic heterocycles. The quantitative estimate of drug-likeness (QED) is 0.753. The highest BCUT2D eigenvalue weighted by Gasteiger charge is 2.27. The molecule has 0 aliphatic carbocycles. The third kappa shape index (κ3) is 2.93. The van der Waals surface area contributed by atoms with E-state index in [1.807, 2.05) is 24.9 Å². The summed E-state index contributed by atoms with van der Waals surface area (Å²) in [4.78, 5) is 23.6. The van der Waals surface area contributed by atoms with Gasteiger partial charge in [0.2, 0.25) is 0 Å². The van der Waals surface area contributed by atoms with E-state index in [1.54, 1.807) is 0 Å². The highest BCUT2D eigenvalue weighted by atomic mass is 16.2. The summed E-state index contributed by atoms with van der Waals surface area (Å²) in [5.41, 5.74) is 10.9. The second-order valence-corrected chi connectivity index (χ2v) is 8.12. The molecule has 146 valence electrons. The van der Waals surface area contributed by atoms with Gasteiger partial charge in [0, 0.05) is 35.8 Å². The minimum atomic E-state index is 0.163. The Kier molecular flexibility index (Phi) is 4.57. The number of hydrogen-bond acceptors (Lipinski definition) is 4. The van der Waals surface area contributed by atoms with E-state index in [-0.39, 0.29) is 5.91 Å². The van der Waals surface area contributed by atoms with Crippen molar-refractivity contribution in [3.05, 3.63) is 46.9 Å². The van der Waals surface area contributed by atoms with Crippen molar-refractivity contribution in [1.82, 2.24) is 19.4 Å². The predicted octanol–water partition coefficient (Wildman–Crippen LogP) is 3.66. The lowest BCUT2D eigenvalue weighted by Gasteiger charge is -2.32. The smallest absolute Gasteiger partial charge is 0.254 e. The highest BCUT2D eigenvalue weighted by molar-refractivity contribution is 6.03. The predicted molar refractivity (Wildman–Crippen MR) is 112 cm³/mol. The van der Waals surface area contributed by atoms with Gasteiger partial charge in [0.25, 0.3) is 5.91 Å². The van der Waals surface area contributed by atoms with Crippen molar-refractivity contribution in [3.8, 4) is 5.82 Å². The van der Waals surface area contributed by atoms with Crippen LogP contribution >= 0.6 is 0 Å². The van der Waals surface area contributed by atoms with Crippen molar-refractivity contribution in [2.45, 2.75) is 40.5 Å². The van der Waals surface area contributed by atoms with Gasteiger partial charge in [-0.15, -0.1) is 0 Å². The van der Waals surface area contributed by atoms with Crippen molar-refractivity contribution in [3.63, 3.8) is 0 Å². The van der Waals surface area contributed by atoms with Crippen molar-refractivity contribution in [1.29, 1.82) is 0 Å². The lowest BCUT2D eigenvalue weighted by Crippen LogP contribution is -2.42. The van der Waals surface area contributed by atoms with E-state index in [4.69, 9.17) is 5.73 Å². The number of nitrogens with zero attached hydrogens (tertiary/aromatic N) is 4. The monoisotopic (exact) mass is 377 g/mol. The van der Waals surface area contributed by atoms with Crippen molar-refractivity contribution >= 4 is 22.6 Å². The molecular formula is C22H27N5O. The van der Waals surface area contributed by atoms with Crippen LogP contribution in [0.4, 0.5) is 5.82 Å². The maximum absolute atomic E-state index is 13.2. The Morgan fingerprint density at radius 1 is 1.25 bits per heavy atom. The van der Waals surface area contributed by atoms with Crippen LogP contribution in [0.15, 0.2) is 24.7 Å². The number of rotatable bonds is 4. The van der Waals surface area contributed by atoms with E-state index in [0.717, 1.165) is 64.9 Å². The fourth-order valence-corrected chi connectivity index (χ4v) is 3.97. The lowest BCUT2D eigenvalue weighted by molar-refractivity contribution is 0.0650. The van der Waals surface area contributed by atoms with Gasteiger partial charge in [-0.2, -0.15) is 0 Å². The molecule has 2 N–H and O–H groups in total. The molecule has 1 aromatic carbocycles. The molecular weight excluding hydrogens is 350 g/mol. The van der Waals surface area contributed by atoms with Gasteiger partial charge in [0.05, 0.1) is 5.52 Å². The van der Waals surface area contributed by atoms with Crippen molar-refractivity contribution in [2.75, 3.05) is 18.8 Å². The van der Waals surface area contributed by atoms with Gasteiger partial charge >= 0.3 is 0 Å². The molecule has 0 bridgehead atoms. The number of aromatic nitrogens is 3. The number of amides is 1. The highest BCUT2D eigenvalue weighted by Crippen LogP contribution is 2.32. The average molecular weight is 377 g/mol. The Morgan fingerprint density at radius 2 is 2.00 bits per heavy atom. The minimum absolute atomic E-state index is 0.163. The first-order valence-corrected chi connectivity index (χ1v) is 9.88. The summed E-state index contributed by atoms with van der Waals surface area (Å²) in [6.45, 7) is 10.1. The zero-order valence-corrected chi connectivity index (χ0v) is 17.0. The molecule has 6 nitrogen and oxygen atoms in total. The minimum Gasteiger partial charge on any atom is -0.383 e. The second-order valence-electron chi connectivity index (χ2n) is 8.12. The van der Waals surface area contributed by atoms with Crippen LogP contribution in [0.25, 0.3) is 16.7 Å². The molecule has 0 saturated carbocycles. The maximum atomic E-state index is 13.2. The normalized spacial score (nSPS) is 14.0. The van der Waals surface area contributed by atoms with E-state index >= 15 is 0 Å². The standard InChI is InChI=1S/C22H27N5O/c1-13(2)10-17-16-6-9-27(21-15(4)20(23)24-12-25-21)18(16)11-14(3)19(17)22(28)26-7-5-8-26/h6,9,11-13H,5,7-8,10H2,1-4H3,(H2,23,24,25). The van der Waals surface area contributed by atoms with Crippen LogP contribution in [0.3, 0.4) is 0 Å². The third-order valence-corrected chi connectivity index (χ3v) is 5.59. The number of nitrogens with two attached hydrogens (primary N) is 1. The molecule has 1 aliphatic heterocycles. The Hall–Kier alpha value is -2.89. The molecule has 3 aromatic rings. The largest absolute Gasteiger partial charge is 0.383 e. The van der Waals surface area contributed by atoms with Crippen LogP contribution in [0.1, 0.15) is 47.3 Å². The number of hydrogen-bond donors (Lipinski definition) is 1. The Balaban J connectivity index is 1.95. The van der Waals surface area contributed by atoms with Gasteiger partial charge in [-0.1, -0.05) is 13.8 Å². The summed E-state index contributed by atoms with van der Waals surface area (Å²) in [6.07, 6.45) is 5.47. The third-order valence-electron chi connectivity index (χ3n) is 5.59. The Morgan fingerprint density at radius 3 is 2.64 bits per heavy atom. The van der Waals surface area contributed by atoms with Crippen LogP contribution in [0.5, 0.6) is 0 Å². The molecule has 6 heteroatoms. The fourth-order valence-electron chi connectivity index (χ4n) is 3.97. The maximum Gasteiger partial charge on any atom is 0.254 e. The molecule has 0 atom stereocenters. The molecule has 0 spiro atoms. The van der Waals surface area contributed by atoms with Crippen LogP contribution in [0, 0.1) is 19.8 Å². The number of carbonyl (C=O) groups is 1. The Bertz CT molecular complexity index is 1060. The molecule has 1 fully saturated rings. The first-order chi connectivity index (χ1) is 13.4. The molecule has 1 amide bonds. The summed E-state index contributed by atoms with van der Waals surface area (Å²) in [5, 5.41) is 1.11. The molecule has 28 heavy (non-hydrogen) atoms. The number of likely N-dealkylation sites (tertiary alicyclic amines) is 1. The van der Waals surface area contributed by atoms with Gasteiger partial charge in [-0.25, -0.2) is 9.97 Å². The van der Waals surface area contributed by atoms with Gasteiger partial charge in [-0.3, -0.25) is 4.79 Å². The van der Waals surface area contributed by atoms with Crippen molar-refractivity contribution in [2.24, 2.45) is 5.92 Å². The average Bonchev–Trinajstić information content (AvgIpc) is 2.98. The molecule has 1 saturated heterocycles. The summed E-state index contributed by atoms with van der Waals surface area (Å²) >= 11 is 0. The van der Waals surface area contributed by atoms with Gasteiger partial charge in [0.15, 0.2) is 0 Å². The van der Waals surface area contributed by atoms with Crippen LogP contribution < -0.4 is 5.73 Å². The number of carbonyl (C=O) groups excluding carboxylic acids is 1. The number of benzene rings is 1. The van der Waals surface area contributed by atoms with E-state index in [1.165, 1.54) is 6.33 Å². The van der Waals surface area contributed by atoms with E-state index in [0.29, 0.717) is 11.7 Å². The van der Waals surface area contributed by atoms with E-state index in [2.05, 4.69) is 40.5 Å². The van der Waals surface area contributed by atoms with Gasteiger partial charge < -0.3 is 15.2 Å². The summed E-state index contributed by atoms with van der Waals surface area (Å²) in [7, 11) is 0. The summed E-state index contributed by atoms with van der Waals surface area (Å²) in [5.74, 6) is 1.87. The molecule has 1 aliphatic rings. The molecule has 0 unspecified atom stereocenters. The summed E-state index contributed by atoms with van der Waals surface area (Å²) in [6, 6.07) is 4.20. The van der Waals surface area contributed by atoms with Gasteiger partial charge in [0.1, 0.15) is 18.0 Å². The van der Waals surface area contributed by atoms with Gasteiger partial charge in [-0.05, 0) is 55.9 Å². The molecule has 3 heterocycles. The van der Waals surface area contributed by atoms with Crippen LogP contribution in [0.2, 0.25) is 0 Å². The summed E-state index contributed by atoms with van der Waals surface area (Å²) < 4.78 is 2.05. The number of nitrogen functional groups attached to an aromatic ring is 1. The first kappa shape index (κ1) is 18.5. The zero-order valence-electron chi connectivity index (χ0n) is 17.0. The number of anilines is 1. The zero-order chi connectivity index (χ0) is 20.0. The first-order valence-electron chi connectivity index (χ1n) is 9.88. The number of fused-ring (bicyclic) bond motifs is 1. The van der Waals surface area contributed by atoms with Crippen molar-refractivity contribution < 1.29 is 4.79 Å². The fraction of sp³-hybridized carbons (Fsp3) is 0.409. The van der Waals surface area contributed by atoms with Crippen LogP contribution in [-0.2, 0) is 6.42 Å². The van der Waals surface area contributed by atoms with E-state index in [9.17, 15) is 4.79 Å². The van der Waals surface area contributed by atoms with E-state index < -0.39 is 0 Å². The lowest BCUT2D eigenvalue weighted by atomic mass is 9.90. The Labute approximate surface area is 165 Å². The SMILES string of the molecule is Cc1cc2c(ccn2-c2ncnc(N)c2C)c(CC(C)C)c1C(=O)N1CCC1. The van der Waals surface area contributed by atoms with Crippen LogP contribution in [-0.4, -0.2) is 38.4 Å². The number of aryl methyl sites for hydroxylation is 1. The molecule has 4 rings (SSSR count). The topological polar surface area (TPSA) is 77.0 Å². The molecule has 0 radical (unpaired) electrons.